The number of benzene rings is 1. The molecule has 0 bridgehead atoms. The highest BCUT2D eigenvalue weighted by molar-refractivity contribution is 6.61. The molecule has 0 saturated heterocycles. The molecule has 1 aliphatic rings. The molecule has 2 rings (SSSR count). The Labute approximate surface area is 102 Å². The van der Waals surface area contributed by atoms with E-state index in [0.717, 1.165) is 6.07 Å². The van der Waals surface area contributed by atoms with Gasteiger partial charge in [-0.1, -0.05) is 0 Å². The Hall–Kier alpha value is -2.13. The number of nitrogens with one attached hydrogen (secondary N) is 1. The van der Waals surface area contributed by atoms with E-state index in [1.807, 2.05) is 0 Å². The summed E-state index contributed by atoms with van der Waals surface area (Å²) in [7, 11) is 0.123. The zero-order valence-electron chi connectivity index (χ0n) is 9.37. The van der Waals surface area contributed by atoms with Crippen molar-refractivity contribution in [2.45, 2.75) is 6.61 Å². The fraction of sp³-hybridized carbons (Fsp3) is 0.222. The zero-order chi connectivity index (χ0) is 13.3. The van der Waals surface area contributed by atoms with E-state index in [9.17, 15) is 19.9 Å². The third kappa shape index (κ3) is 2.13. The molecule has 9 heteroatoms. The quantitative estimate of drug-likeness (QED) is 0.418. The van der Waals surface area contributed by atoms with Crippen molar-refractivity contribution in [2.24, 2.45) is 0 Å². The molecule has 1 aromatic rings. The van der Waals surface area contributed by atoms with Crippen LogP contribution in [0.5, 0.6) is 5.75 Å². The van der Waals surface area contributed by atoms with Crippen LogP contribution < -0.4 is 15.5 Å². The Bertz CT molecular complexity index is 520. The Kier molecular flexibility index (Phi) is 3.17. The molecule has 1 aliphatic heterocycles. The number of non-ortho nitro benzene ring substituents is 1. The van der Waals surface area contributed by atoms with Gasteiger partial charge in [0.1, 0.15) is 5.75 Å². The second-order valence-electron chi connectivity index (χ2n) is 3.57. The van der Waals surface area contributed by atoms with Crippen molar-refractivity contribution in [2.75, 3.05) is 7.05 Å². The monoisotopic (exact) mass is 252 g/mol. The molecule has 1 amide bonds. The molecular weight excluding hydrogens is 243 g/mol. The van der Waals surface area contributed by atoms with Crippen molar-refractivity contribution >= 4 is 24.4 Å². The highest BCUT2D eigenvalue weighted by Gasteiger charge is 2.33. The van der Waals surface area contributed by atoms with E-state index in [1.165, 1.54) is 13.1 Å². The molecule has 0 aromatic heterocycles. The summed E-state index contributed by atoms with van der Waals surface area (Å²) in [4.78, 5) is 21.2. The zero-order valence-corrected chi connectivity index (χ0v) is 9.37. The van der Waals surface area contributed by atoms with Gasteiger partial charge in [-0.3, -0.25) is 10.1 Å². The number of rotatable bonds is 2. The van der Waals surface area contributed by atoms with Gasteiger partial charge in [-0.2, -0.15) is 0 Å². The Morgan fingerprint density at radius 3 is 3.00 bits per heavy atom. The largest absolute Gasteiger partial charge is 0.492 e. The molecule has 1 heterocycles. The lowest BCUT2D eigenvalue weighted by Gasteiger charge is -2.08. The van der Waals surface area contributed by atoms with Crippen LogP contribution in [0.4, 0.5) is 10.5 Å². The van der Waals surface area contributed by atoms with Crippen molar-refractivity contribution in [3.8, 4) is 5.75 Å². The molecule has 8 nitrogen and oxygen atoms in total. The maximum Gasteiger partial charge on any atom is 0.492 e. The second kappa shape index (κ2) is 4.63. The van der Waals surface area contributed by atoms with Gasteiger partial charge in [0, 0.05) is 18.7 Å². The van der Waals surface area contributed by atoms with Gasteiger partial charge in [0.25, 0.3) is 5.69 Å². The molecule has 1 aromatic carbocycles. The first kappa shape index (κ1) is 12.3. The van der Waals surface area contributed by atoms with Crippen LogP contribution in [0.25, 0.3) is 0 Å². The summed E-state index contributed by atoms with van der Waals surface area (Å²) < 4.78 is 9.84. The van der Waals surface area contributed by atoms with E-state index >= 15 is 0 Å². The molecule has 0 radical (unpaired) electrons. The molecule has 0 spiro atoms. The van der Waals surface area contributed by atoms with Gasteiger partial charge < -0.3 is 19.7 Å². The van der Waals surface area contributed by atoms with Gasteiger partial charge in [0.2, 0.25) is 0 Å². The van der Waals surface area contributed by atoms with Crippen LogP contribution in [0.2, 0.25) is 0 Å². The van der Waals surface area contributed by atoms with Crippen LogP contribution in [0.1, 0.15) is 5.56 Å². The van der Waals surface area contributed by atoms with Crippen LogP contribution in [0.3, 0.4) is 0 Å². The summed E-state index contributed by atoms with van der Waals surface area (Å²) in [5.74, 6) is 0.00935. The fourth-order valence-corrected chi connectivity index (χ4v) is 1.63. The average molecular weight is 252 g/mol. The van der Waals surface area contributed by atoms with E-state index in [1.54, 1.807) is 0 Å². The van der Waals surface area contributed by atoms with E-state index in [-0.39, 0.29) is 23.5 Å². The summed E-state index contributed by atoms with van der Waals surface area (Å²) in [5, 5.41) is 22.5. The number of nitro groups is 1. The Morgan fingerprint density at radius 2 is 2.39 bits per heavy atom. The molecule has 0 saturated carbocycles. The summed E-state index contributed by atoms with van der Waals surface area (Å²) in [6, 6.07) is 2.32. The molecule has 0 unspecified atom stereocenters. The van der Waals surface area contributed by atoms with E-state index in [2.05, 4.69) is 5.32 Å². The van der Waals surface area contributed by atoms with Crippen LogP contribution in [0.15, 0.2) is 12.1 Å². The molecule has 0 atom stereocenters. The summed E-state index contributed by atoms with van der Waals surface area (Å²) >= 11 is 0. The highest BCUT2D eigenvalue weighted by atomic mass is 16.6. The van der Waals surface area contributed by atoms with Crippen molar-refractivity contribution in [3.63, 3.8) is 0 Å². The van der Waals surface area contributed by atoms with Gasteiger partial charge >= 0.3 is 13.2 Å². The normalized spacial score (nSPS) is 13.1. The number of hydrogen-bond acceptors (Lipinski definition) is 6. The SMILES string of the molecule is CNC(=O)Oc1cc([N+](=O)[O-])cc2c1COB2O. The number of nitro benzene ring substituents is 1. The van der Waals surface area contributed by atoms with Gasteiger partial charge in [0.05, 0.1) is 17.6 Å². The third-order valence-corrected chi connectivity index (χ3v) is 2.50. The number of carbonyl (C=O) groups is 1. The smallest absolute Gasteiger partial charge is 0.423 e. The molecule has 94 valence electrons. The van der Waals surface area contributed by atoms with E-state index in [0.29, 0.717) is 5.56 Å². The number of nitrogens with zero attached hydrogens (tertiary/aromatic N) is 1. The highest BCUT2D eigenvalue weighted by Crippen LogP contribution is 2.27. The second-order valence-corrected chi connectivity index (χ2v) is 3.57. The minimum absolute atomic E-state index is 0.00935. The van der Waals surface area contributed by atoms with Crippen LogP contribution in [-0.4, -0.2) is 30.2 Å². The Morgan fingerprint density at radius 1 is 1.67 bits per heavy atom. The van der Waals surface area contributed by atoms with Crippen LogP contribution in [0, 0.1) is 10.1 Å². The topological polar surface area (TPSA) is 111 Å². The van der Waals surface area contributed by atoms with Crippen LogP contribution >= 0.6 is 0 Å². The lowest BCUT2D eigenvalue weighted by molar-refractivity contribution is -0.384. The number of carbonyl (C=O) groups excluding carboxylic acids is 1. The number of amides is 1. The predicted octanol–water partition coefficient (Wildman–Crippen LogP) is -0.469. The van der Waals surface area contributed by atoms with Crippen molar-refractivity contribution in [3.05, 3.63) is 27.8 Å². The van der Waals surface area contributed by atoms with Gasteiger partial charge in [-0.05, 0) is 5.46 Å². The van der Waals surface area contributed by atoms with Crippen molar-refractivity contribution in [1.29, 1.82) is 0 Å². The fourth-order valence-electron chi connectivity index (χ4n) is 1.63. The molecular formula is C9H9BN2O6. The number of fused-ring (bicyclic) bond motifs is 1. The number of ether oxygens (including phenoxy) is 1. The standard InChI is InChI=1S/C9H9BN2O6/c1-11-9(13)18-8-3-5(12(15)16)2-7-6(8)4-17-10(7)14/h2-3,14H,4H2,1H3,(H,11,13). The van der Waals surface area contributed by atoms with E-state index in [4.69, 9.17) is 9.39 Å². The molecule has 0 aliphatic carbocycles. The maximum absolute atomic E-state index is 11.1. The average Bonchev–Trinajstić information content (AvgIpc) is 2.71. The molecule has 2 N–H and O–H groups in total. The molecule has 0 fully saturated rings. The third-order valence-electron chi connectivity index (χ3n) is 2.50. The first-order valence-corrected chi connectivity index (χ1v) is 5.03. The lowest BCUT2D eigenvalue weighted by Crippen LogP contribution is -2.29. The van der Waals surface area contributed by atoms with Crippen LogP contribution in [-0.2, 0) is 11.3 Å². The summed E-state index contributed by atoms with van der Waals surface area (Å²) in [6.45, 7) is 0.0286. The predicted molar refractivity (Wildman–Crippen MR) is 60.6 cm³/mol. The van der Waals surface area contributed by atoms with Gasteiger partial charge in [-0.15, -0.1) is 0 Å². The first-order chi connectivity index (χ1) is 8.52. The van der Waals surface area contributed by atoms with E-state index < -0.39 is 18.1 Å². The van der Waals surface area contributed by atoms with Gasteiger partial charge in [0.15, 0.2) is 0 Å². The minimum atomic E-state index is -1.24. The minimum Gasteiger partial charge on any atom is -0.423 e. The lowest BCUT2D eigenvalue weighted by atomic mass is 9.79. The molecule has 18 heavy (non-hydrogen) atoms. The Balaban J connectivity index is 2.47. The summed E-state index contributed by atoms with van der Waals surface area (Å²) in [6.07, 6.45) is -0.751. The summed E-state index contributed by atoms with van der Waals surface area (Å²) in [5.41, 5.74) is 0.386. The number of hydrogen-bond donors (Lipinski definition) is 2. The maximum atomic E-state index is 11.1. The van der Waals surface area contributed by atoms with Crippen molar-refractivity contribution in [1.82, 2.24) is 5.32 Å². The first-order valence-electron chi connectivity index (χ1n) is 5.03. The van der Waals surface area contributed by atoms with Crippen molar-refractivity contribution < 1.29 is 24.1 Å². The van der Waals surface area contributed by atoms with Gasteiger partial charge in [-0.25, -0.2) is 4.79 Å².